The molecule has 0 aliphatic carbocycles. The minimum Gasteiger partial charge on any atom is -0.492 e. The fourth-order valence-corrected chi connectivity index (χ4v) is 6.21. The number of hydrogen-bond donors (Lipinski definition) is 1. The Balaban J connectivity index is 1.77. The summed E-state index contributed by atoms with van der Waals surface area (Å²) in [5.41, 5.74) is 0.839. The molecule has 0 bridgehead atoms. The summed E-state index contributed by atoms with van der Waals surface area (Å²) in [5.74, 6) is 1.65. The van der Waals surface area contributed by atoms with Gasteiger partial charge in [0, 0.05) is 12.6 Å². The molecule has 29 heavy (non-hydrogen) atoms. The fourth-order valence-electron chi connectivity index (χ4n) is 3.44. The highest BCUT2D eigenvalue weighted by Gasteiger charge is 2.32. The Labute approximate surface area is 181 Å². The van der Waals surface area contributed by atoms with Crippen LogP contribution in [-0.4, -0.2) is 53.8 Å². The Hall–Kier alpha value is -1.49. The standard InChI is InChI=1S/C19H28N4O3S3/c1-4-26-17-8-6-5-7-16(17)20-18-21-23(19(27)28-18)13-22(11-14(2)3)15-9-10-29(24,25)12-15/h5-8,14-15H,4,9-13H2,1-3H3,(H,20,21). The summed E-state index contributed by atoms with van der Waals surface area (Å²) in [6, 6.07) is 7.73. The summed E-state index contributed by atoms with van der Waals surface area (Å²) < 4.78 is 32.0. The summed E-state index contributed by atoms with van der Waals surface area (Å²) in [4.78, 5) is 2.20. The van der Waals surface area contributed by atoms with Crippen LogP contribution in [0.4, 0.5) is 10.8 Å². The van der Waals surface area contributed by atoms with E-state index in [0.29, 0.717) is 34.7 Å². The number of benzene rings is 1. The van der Waals surface area contributed by atoms with Crippen LogP contribution in [0.2, 0.25) is 0 Å². The molecular formula is C19H28N4O3S3. The largest absolute Gasteiger partial charge is 0.492 e. The van der Waals surface area contributed by atoms with Gasteiger partial charge in [0.2, 0.25) is 5.13 Å². The van der Waals surface area contributed by atoms with E-state index in [1.165, 1.54) is 11.3 Å². The van der Waals surface area contributed by atoms with Crippen molar-refractivity contribution in [2.45, 2.75) is 39.9 Å². The average molecular weight is 457 g/mol. The molecule has 3 rings (SSSR count). The smallest absolute Gasteiger partial charge is 0.209 e. The van der Waals surface area contributed by atoms with Gasteiger partial charge in [0.1, 0.15) is 5.75 Å². The van der Waals surface area contributed by atoms with Crippen molar-refractivity contribution < 1.29 is 13.2 Å². The fraction of sp³-hybridized carbons (Fsp3) is 0.579. The maximum absolute atomic E-state index is 12.0. The Kier molecular flexibility index (Phi) is 7.31. The van der Waals surface area contributed by atoms with E-state index in [4.69, 9.17) is 17.0 Å². The first-order chi connectivity index (χ1) is 13.8. The van der Waals surface area contributed by atoms with Crippen molar-refractivity contribution in [2.24, 2.45) is 5.92 Å². The SMILES string of the molecule is CCOc1ccccc1Nc1nn(CN(CC(C)C)C2CCS(=O)(=O)C2)c(=S)s1. The van der Waals surface area contributed by atoms with E-state index >= 15 is 0 Å². The predicted octanol–water partition coefficient (Wildman–Crippen LogP) is 3.92. The van der Waals surface area contributed by atoms with Crippen molar-refractivity contribution in [1.82, 2.24) is 14.7 Å². The van der Waals surface area contributed by atoms with Crippen molar-refractivity contribution in [3.05, 3.63) is 28.2 Å². The van der Waals surface area contributed by atoms with E-state index in [2.05, 4.69) is 29.2 Å². The van der Waals surface area contributed by atoms with E-state index in [1.807, 2.05) is 31.2 Å². The molecule has 1 aromatic heterocycles. The highest BCUT2D eigenvalue weighted by Crippen LogP contribution is 2.29. The molecule has 0 amide bonds. The molecule has 160 valence electrons. The first-order valence-electron chi connectivity index (χ1n) is 9.78. The van der Waals surface area contributed by atoms with Gasteiger partial charge in [-0.15, -0.1) is 5.10 Å². The van der Waals surface area contributed by atoms with Crippen LogP contribution in [0, 0.1) is 9.87 Å². The van der Waals surface area contributed by atoms with E-state index in [9.17, 15) is 8.42 Å². The number of ether oxygens (including phenoxy) is 1. The zero-order chi connectivity index (χ0) is 21.0. The van der Waals surface area contributed by atoms with Gasteiger partial charge in [-0.25, -0.2) is 13.1 Å². The van der Waals surface area contributed by atoms with Gasteiger partial charge in [0.25, 0.3) is 0 Å². The van der Waals surface area contributed by atoms with Gasteiger partial charge in [-0.1, -0.05) is 37.3 Å². The van der Waals surface area contributed by atoms with Gasteiger partial charge in [0.15, 0.2) is 13.8 Å². The van der Waals surface area contributed by atoms with Crippen LogP contribution in [0.5, 0.6) is 5.75 Å². The Bertz CT molecular complexity index is 985. The van der Waals surface area contributed by atoms with Gasteiger partial charge < -0.3 is 10.1 Å². The zero-order valence-corrected chi connectivity index (χ0v) is 19.4. The number of nitrogens with zero attached hydrogens (tertiary/aromatic N) is 3. The van der Waals surface area contributed by atoms with E-state index in [1.54, 1.807) is 4.68 Å². The second kappa shape index (κ2) is 9.55. The zero-order valence-electron chi connectivity index (χ0n) is 17.0. The monoisotopic (exact) mass is 456 g/mol. The van der Waals surface area contributed by atoms with Crippen molar-refractivity contribution in [2.75, 3.05) is 30.0 Å². The third-order valence-electron chi connectivity index (χ3n) is 4.67. The van der Waals surface area contributed by atoms with Crippen LogP contribution in [0.15, 0.2) is 24.3 Å². The predicted molar refractivity (Wildman–Crippen MR) is 120 cm³/mol. The van der Waals surface area contributed by atoms with Crippen molar-refractivity contribution in [3.63, 3.8) is 0 Å². The molecule has 2 heterocycles. The normalized spacial score (nSPS) is 18.4. The molecular weight excluding hydrogens is 428 g/mol. The molecule has 1 fully saturated rings. The minimum atomic E-state index is -2.95. The lowest BCUT2D eigenvalue weighted by Crippen LogP contribution is -2.40. The van der Waals surface area contributed by atoms with Crippen LogP contribution in [0.3, 0.4) is 0 Å². The number of nitrogens with one attached hydrogen (secondary N) is 1. The van der Waals surface area contributed by atoms with Crippen molar-refractivity contribution in [1.29, 1.82) is 0 Å². The molecule has 10 heteroatoms. The van der Waals surface area contributed by atoms with Gasteiger partial charge in [-0.2, -0.15) is 0 Å². The second-order valence-electron chi connectivity index (χ2n) is 7.59. The Morgan fingerprint density at radius 3 is 2.83 bits per heavy atom. The van der Waals surface area contributed by atoms with Gasteiger partial charge in [0.05, 0.1) is 30.5 Å². The lowest BCUT2D eigenvalue weighted by molar-refractivity contribution is 0.138. The molecule has 0 saturated carbocycles. The summed E-state index contributed by atoms with van der Waals surface area (Å²) >= 11 is 6.92. The first-order valence-corrected chi connectivity index (χ1v) is 12.8. The molecule has 7 nitrogen and oxygen atoms in total. The van der Waals surface area contributed by atoms with Crippen LogP contribution in [-0.2, 0) is 16.5 Å². The lowest BCUT2D eigenvalue weighted by atomic mass is 10.1. The third-order valence-corrected chi connectivity index (χ3v) is 7.65. The van der Waals surface area contributed by atoms with Crippen molar-refractivity contribution in [3.8, 4) is 5.75 Å². The number of sulfone groups is 1. The molecule has 1 aliphatic heterocycles. The summed E-state index contributed by atoms with van der Waals surface area (Å²) in [6.07, 6.45) is 0.666. The first kappa shape index (κ1) is 22.2. The maximum Gasteiger partial charge on any atom is 0.209 e. The van der Waals surface area contributed by atoms with Crippen molar-refractivity contribution >= 4 is 44.2 Å². The minimum absolute atomic E-state index is 0.0149. The Morgan fingerprint density at radius 1 is 1.41 bits per heavy atom. The molecule has 1 N–H and O–H groups in total. The molecule has 1 saturated heterocycles. The third kappa shape index (κ3) is 6.00. The number of hydrogen-bond acceptors (Lipinski definition) is 8. The molecule has 1 aliphatic rings. The molecule has 1 atom stereocenters. The highest BCUT2D eigenvalue weighted by molar-refractivity contribution is 7.91. The maximum atomic E-state index is 12.0. The van der Waals surface area contributed by atoms with E-state index in [-0.39, 0.29) is 17.5 Å². The number of anilines is 2. The van der Waals surface area contributed by atoms with Crippen LogP contribution >= 0.6 is 23.6 Å². The summed E-state index contributed by atoms with van der Waals surface area (Å²) in [7, 11) is -2.95. The second-order valence-corrected chi connectivity index (χ2v) is 11.4. The lowest BCUT2D eigenvalue weighted by Gasteiger charge is -2.29. The molecule has 2 aromatic rings. The van der Waals surface area contributed by atoms with E-state index < -0.39 is 9.84 Å². The van der Waals surface area contributed by atoms with Gasteiger partial charge >= 0.3 is 0 Å². The van der Waals surface area contributed by atoms with Gasteiger partial charge in [-0.3, -0.25) is 4.90 Å². The highest BCUT2D eigenvalue weighted by atomic mass is 32.2. The average Bonchev–Trinajstić information content (AvgIpc) is 3.18. The molecule has 1 unspecified atom stereocenters. The van der Waals surface area contributed by atoms with Gasteiger partial charge in [-0.05, 0) is 43.6 Å². The molecule has 1 aromatic carbocycles. The van der Waals surface area contributed by atoms with Crippen LogP contribution in [0.25, 0.3) is 0 Å². The summed E-state index contributed by atoms with van der Waals surface area (Å²) in [5, 5.41) is 8.62. The summed E-state index contributed by atoms with van der Waals surface area (Å²) in [6.45, 7) is 8.08. The van der Waals surface area contributed by atoms with Crippen LogP contribution < -0.4 is 10.1 Å². The molecule has 0 spiro atoms. The molecule has 0 radical (unpaired) electrons. The topological polar surface area (TPSA) is 76.5 Å². The number of aromatic nitrogens is 2. The Morgan fingerprint density at radius 2 is 2.17 bits per heavy atom. The quantitative estimate of drug-likeness (QED) is 0.573. The number of para-hydroxylation sites is 2. The number of rotatable bonds is 9. The van der Waals surface area contributed by atoms with E-state index in [0.717, 1.165) is 18.0 Å². The van der Waals surface area contributed by atoms with Crippen LogP contribution in [0.1, 0.15) is 27.2 Å².